The molecule has 1 atom stereocenters. The maximum Gasteiger partial charge on any atom is 0.236 e. The first kappa shape index (κ1) is 14.5. The van der Waals surface area contributed by atoms with Crippen LogP contribution in [0.2, 0.25) is 0 Å². The molecule has 0 aliphatic heterocycles. The zero-order valence-electron chi connectivity index (χ0n) is 11.8. The van der Waals surface area contributed by atoms with E-state index in [1.165, 1.54) is 0 Å². The van der Waals surface area contributed by atoms with Crippen molar-refractivity contribution < 1.29 is 9.53 Å². The fourth-order valence-corrected chi connectivity index (χ4v) is 1.68. The van der Waals surface area contributed by atoms with Gasteiger partial charge in [-0.15, -0.1) is 0 Å². The van der Waals surface area contributed by atoms with E-state index in [1.807, 2.05) is 32.0 Å². The predicted molar refractivity (Wildman–Crippen MR) is 72.8 cm³/mol. The van der Waals surface area contributed by atoms with Crippen molar-refractivity contribution in [3.05, 3.63) is 29.3 Å². The first-order valence-corrected chi connectivity index (χ1v) is 6.03. The second kappa shape index (κ2) is 6.40. The molecule has 0 saturated carbocycles. The first-order valence-electron chi connectivity index (χ1n) is 6.03. The number of nitrogens with zero attached hydrogens (tertiary/aromatic N) is 1. The van der Waals surface area contributed by atoms with Crippen molar-refractivity contribution in [2.75, 3.05) is 27.7 Å². The van der Waals surface area contributed by atoms with Crippen LogP contribution in [0.25, 0.3) is 0 Å². The van der Waals surface area contributed by atoms with E-state index in [-0.39, 0.29) is 11.9 Å². The third-order valence-corrected chi connectivity index (χ3v) is 2.91. The van der Waals surface area contributed by atoms with Crippen LogP contribution in [0.15, 0.2) is 18.2 Å². The molecule has 1 aromatic carbocycles. The number of likely N-dealkylation sites (N-methyl/N-ethyl adjacent to an activating group) is 1. The smallest absolute Gasteiger partial charge is 0.236 e. The van der Waals surface area contributed by atoms with E-state index < -0.39 is 0 Å². The van der Waals surface area contributed by atoms with Crippen LogP contribution in [0.5, 0.6) is 5.75 Å². The molecule has 0 aliphatic carbocycles. The summed E-state index contributed by atoms with van der Waals surface area (Å²) >= 11 is 0. The number of methoxy groups -OCH3 is 1. The van der Waals surface area contributed by atoms with Crippen molar-refractivity contribution in [1.82, 2.24) is 10.2 Å². The molecule has 1 N–H and O–H groups in total. The molecular formula is C14H22N2O2. The highest BCUT2D eigenvalue weighted by Gasteiger charge is 2.13. The molecule has 4 nitrogen and oxygen atoms in total. The summed E-state index contributed by atoms with van der Waals surface area (Å²) < 4.78 is 5.37. The van der Waals surface area contributed by atoms with Gasteiger partial charge in [-0.2, -0.15) is 0 Å². The molecule has 1 amide bonds. The third-order valence-electron chi connectivity index (χ3n) is 2.91. The van der Waals surface area contributed by atoms with Crippen LogP contribution < -0.4 is 10.1 Å². The quantitative estimate of drug-likeness (QED) is 0.865. The van der Waals surface area contributed by atoms with Gasteiger partial charge in [0.05, 0.1) is 13.7 Å². The second-order valence-electron chi connectivity index (χ2n) is 4.64. The van der Waals surface area contributed by atoms with Crippen molar-refractivity contribution in [2.45, 2.75) is 19.9 Å². The number of rotatable bonds is 5. The Balaban J connectivity index is 2.72. The number of hydrogen-bond acceptors (Lipinski definition) is 3. The number of carbonyl (C=O) groups is 1. The Morgan fingerprint density at radius 2 is 2.11 bits per heavy atom. The molecule has 18 heavy (non-hydrogen) atoms. The van der Waals surface area contributed by atoms with Gasteiger partial charge in [0.1, 0.15) is 5.75 Å². The van der Waals surface area contributed by atoms with Crippen LogP contribution >= 0.6 is 0 Å². The Labute approximate surface area is 109 Å². The molecular weight excluding hydrogens is 228 g/mol. The lowest BCUT2D eigenvalue weighted by Crippen LogP contribution is -2.34. The Morgan fingerprint density at radius 3 is 2.67 bits per heavy atom. The molecule has 1 rings (SSSR count). The van der Waals surface area contributed by atoms with E-state index in [4.69, 9.17) is 4.74 Å². The van der Waals surface area contributed by atoms with Gasteiger partial charge < -0.3 is 15.0 Å². The highest BCUT2D eigenvalue weighted by molar-refractivity contribution is 5.77. The summed E-state index contributed by atoms with van der Waals surface area (Å²) in [7, 11) is 5.16. The average molecular weight is 250 g/mol. The van der Waals surface area contributed by atoms with E-state index in [0.29, 0.717) is 6.54 Å². The van der Waals surface area contributed by atoms with Crippen molar-refractivity contribution in [1.29, 1.82) is 0 Å². The largest absolute Gasteiger partial charge is 0.496 e. The maximum absolute atomic E-state index is 11.5. The first-order chi connectivity index (χ1) is 8.45. The molecule has 0 radical (unpaired) electrons. The maximum atomic E-state index is 11.5. The van der Waals surface area contributed by atoms with E-state index in [1.54, 1.807) is 26.1 Å². The van der Waals surface area contributed by atoms with E-state index in [0.717, 1.165) is 16.9 Å². The van der Waals surface area contributed by atoms with Gasteiger partial charge in [0.2, 0.25) is 5.91 Å². The lowest BCUT2D eigenvalue weighted by atomic mass is 10.0. The summed E-state index contributed by atoms with van der Waals surface area (Å²) in [6.07, 6.45) is 0. The Bertz CT molecular complexity index is 416. The molecule has 1 unspecified atom stereocenters. The summed E-state index contributed by atoms with van der Waals surface area (Å²) in [6, 6.07) is 6.15. The number of carbonyl (C=O) groups excluding carboxylic acids is 1. The fraction of sp³-hybridized carbons (Fsp3) is 0.500. The Hall–Kier alpha value is -1.55. The molecule has 0 bridgehead atoms. The molecule has 0 heterocycles. The van der Waals surface area contributed by atoms with Crippen LogP contribution in [0.3, 0.4) is 0 Å². The number of nitrogens with one attached hydrogen (secondary N) is 1. The van der Waals surface area contributed by atoms with Gasteiger partial charge >= 0.3 is 0 Å². The number of hydrogen-bond donors (Lipinski definition) is 1. The molecule has 0 aliphatic rings. The molecule has 4 heteroatoms. The minimum atomic E-state index is 0.0629. The number of amides is 1. The van der Waals surface area contributed by atoms with Gasteiger partial charge in [0.15, 0.2) is 0 Å². The van der Waals surface area contributed by atoms with Gasteiger partial charge in [0.25, 0.3) is 0 Å². The van der Waals surface area contributed by atoms with E-state index >= 15 is 0 Å². The minimum absolute atomic E-state index is 0.0629. The predicted octanol–water partition coefficient (Wildman–Crippen LogP) is 1.74. The number of aryl methyl sites for hydroxylation is 1. The molecule has 0 spiro atoms. The van der Waals surface area contributed by atoms with Crippen LogP contribution in [0.1, 0.15) is 24.1 Å². The van der Waals surface area contributed by atoms with Crippen molar-refractivity contribution in [3.63, 3.8) is 0 Å². The van der Waals surface area contributed by atoms with Crippen LogP contribution in [-0.4, -0.2) is 38.6 Å². The molecule has 0 aromatic heterocycles. The highest BCUT2D eigenvalue weighted by atomic mass is 16.5. The fourth-order valence-electron chi connectivity index (χ4n) is 1.68. The van der Waals surface area contributed by atoms with Gasteiger partial charge in [0, 0.05) is 25.7 Å². The summed E-state index contributed by atoms with van der Waals surface area (Å²) in [5.41, 5.74) is 2.22. The lowest BCUT2D eigenvalue weighted by Gasteiger charge is -2.19. The summed E-state index contributed by atoms with van der Waals surface area (Å²) in [5.74, 6) is 0.917. The molecule has 100 valence electrons. The van der Waals surface area contributed by atoms with Gasteiger partial charge in [-0.1, -0.05) is 12.1 Å². The van der Waals surface area contributed by atoms with E-state index in [2.05, 4.69) is 5.32 Å². The van der Waals surface area contributed by atoms with Crippen molar-refractivity contribution in [3.8, 4) is 5.75 Å². The van der Waals surface area contributed by atoms with Crippen LogP contribution in [-0.2, 0) is 4.79 Å². The van der Waals surface area contributed by atoms with Crippen LogP contribution in [0, 0.1) is 6.92 Å². The summed E-state index contributed by atoms with van der Waals surface area (Å²) in [4.78, 5) is 13.1. The Morgan fingerprint density at radius 1 is 1.44 bits per heavy atom. The second-order valence-corrected chi connectivity index (χ2v) is 4.64. The number of benzene rings is 1. The van der Waals surface area contributed by atoms with E-state index in [9.17, 15) is 4.79 Å². The average Bonchev–Trinajstić information content (AvgIpc) is 2.34. The SMILES string of the molecule is COc1cc(C)ccc1C(C)NCC(=O)N(C)C. The normalized spacial score (nSPS) is 12.1. The standard InChI is InChI=1S/C14H22N2O2/c1-10-6-7-12(13(8-10)18-5)11(2)15-9-14(17)16(3)4/h6-8,11,15H,9H2,1-5H3. The van der Waals surface area contributed by atoms with Crippen LogP contribution in [0.4, 0.5) is 0 Å². The van der Waals surface area contributed by atoms with Gasteiger partial charge in [-0.25, -0.2) is 0 Å². The number of ether oxygens (including phenoxy) is 1. The summed E-state index contributed by atoms with van der Waals surface area (Å²) in [5, 5.41) is 3.20. The van der Waals surface area contributed by atoms with Gasteiger partial charge in [-0.05, 0) is 25.5 Å². The molecule has 0 saturated heterocycles. The third kappa shape index (κ3) is 3.74. The van der Waals surface area contributed by atoms with Crippen molar-refractivity contribution in [2.24, 2.45) is 0 Å². The van der Waals surface area contributed by atoms with Gasteiger partial charge in [-0.3, -0.25) is 4.79 Å². The highest BCUT2D eigenvalue weighted by Crippen LogP contribution is 2.25. The monoisotopic (exact) mass is 250 g/mol. The zero-order valence-corrected chi connectivity index (χ0v) is 11.8. The molecule has 0 fully saturated rings. The zero-order chi connectivity index (χ0) is 13.7. The summed E-state index contributed by atoms with van der Waals surface area (Å²) in [6.45, 7) is 4.38. The lowest BCUT2D eigenvalue weighted by molar-refractivity contribution is -0.127. The molecule has 1 aromatic rings. The van der Waals surface area contributed by atoms with Crippen molar-refractivity contribution >= 4 is 5.91 Å². The minimum Gasteiger partial charge on any atom is -0.496 e. The topological polar surface area (TPSA) is 41.6 Å². The Kier molecular flexibility index (Phi) is 5.16.